The zero-order valence-corrected chi connectivity index (χ0v) is 6.76. The molecule has 1 saturated heterocycles. The minimum atomic E-state index is 0.643. The Morgan fingerprint density at radius 3 is 3.00 bits per heavy atom. The van der Waals surface area contributed by atoms with E-state index < -0.39 is 0 Å². The highest BCUT2D eigenvalue weighted by molar-refractivity contribution is 4.74. The summed E-state index contributed by atoms with van der Waals surface area (Å²) in [6, 6.07) is 0.643. The van der Waals surface area contributed by atoms with Crippen molar-refractivity contribution in [2.45, 2.75) is 18.9 Å². The lowest BCUT2D eigenvalue weighted by atomic mass is 10.2. The van der Waals surface area contributed by atoms with E-state index in [1.807, 2.05) is 12.1 Å². The van der Waals surface area contributed by atoms with Crippen molar-refractivity contribution in [1.82, 2.24) is 10.4 Å². The average molecular weight is 144 g/mol. The molecule has 60 valence electrons. The second-order valence-electron chi connectivity index (χ2n) is 2.79. The molecule has 3 heteroatoms. The average Bonchev–Trinajstić information content (AvgIpc) is 2.40. The highest BCUT2D eigenvalue weighted by Crippen LogP contribution is 2.05. The standard InChI is InChI=1S/C7H16N2O/c1-9(10-2)6-7-4-3-5-8-7/h7-8H,3-6H2,1-2H3. The monoisotopic (exact) mass is 144 g/mol. The fourth-order valence-corrected chi connectivity index (χ4v) is 1.30. The predicted molar refractivity (Wildman–Crippen MR) is 40.7 cm³/mol. The van der Waals surface area contributed by atoms with E-state index in [0.29, 0.717) is 6.04 Å². The molecule has 0 spiro atoms. The molecular formula is C7H16N2O. The van der Waals surface area contributed by atoms with Crippen LogP contribution in [0.15, 0.2) is 0 Å². The van der Waals surface area contributed by atoms with E-state index in [0.717, 1.165) is 6.54 Å². The molecule has 0 aromatic rings. The Labute approximate surface area is 62.3 Å². The molecule has 1 aliphatic heterocycles. The van der Waals surface area contributed by atoms with E-state index in [-0.39, 0.29) is 0 Å². The van der Waals surface area contributed by atoms with Gasteiger partial charge in [0.2, 0.25) is 0 Å². The van der Waals surface area contributed by atoms with Crippen molar-refractivity contribution in [1.29, 1.82) is 0 Å². The zero-order chi connectivity index (χ0) is 7.40. The predicted octanol–water partition coefficient (Wildman–Crippen LogP) is 0.232. The number of nitrogens with one attached hydrogen (secondary N) is 1. The largest absolute Gasteiger partial charge is 0.313 e. The maximum absolute atomic E-state index is 5.01. The van der Waals surface area contributed by atoms with Crippen molar-refractivity contribution < 1.29 is 4.84 Å². The van der Waals surface area contributed by atoms with Crippen LogP contribution in [-0.4, -0.2) is 38.4 Å². The van der Waals surface area contributed by atoms with Crippen LogP contribution in [0.2, 0.25) is 0 Å². The first-order valence-corrected chi connectivity index (χ1v) is 3.81. The molecule has 0 bridgehead atoms. The van der Waals surface area contributed by atoms with Crippen molar-refractivity contribution in [3.05, 3.63) is 0 Å². The molecule has 0 aromatic heterocycles. The van der Waals surface area contributed by atoms with Crippen molar-refractivity contribution in [3.63, 3.8) is 0 Å². The molecule has 1 fully saturated rings. The molecule has 0 radical (unpaired) electrons. The smallest absolute Gasteiger partial charge is 0.0575 e. The van der Waals surface area contributed by atoms with Gasteiger partial charge in [-0.25, -0.2) is 0 Å². The van der Waals surface area contributed by atoms with Crippen molar-refractivity contribution in [2.24, 2.45) is 0 Å². The van der Waals surface area contributed by atoms with Crippen LogP contribution in [0.3, 0.4) is 0 Å². The van der Waals surface area contributed by atoms with Crippen LogP contribution in [0.5, 0.6) is 0 Å². The summed E-state index contributed by atoms with van der Waals surface area (Å²) in [5.74, 6) is 0. The summed E-state index contributed by atoms with van der Waals surface area (Å²) < 4.78 is 0. The van der Waals surface area contributed by atoms with Crippen LogP contribution < -0.4 is 5.32 Å². The highest BCUT2D eigenvalue weighted by atomic mass is 16.7. The van der Waals surface area contributed by atoms with E-state index in [9.17, 15) is 0 Å². The van der Waals surface area contributed by atoms with Crippen molar-refractivity contribution in [3.8, 4) is 0 Å². The normalized spacial score (nSPS) is 26.1. The third-order valence-electron chi connectivity index (χ3n) is 1.95. The fourth-order valence-electron chi connectivity index (χ4n) is 1.30. The van der Waals surface area contributed by atoms with Crippen molar-refractivity contribution >= 4 is 0 Å². The molecule has 0 amide bonds. The Bertz CT molecular complexity index is 91.6. The van der Waals surface area contributed by atoms with E-state index in [1.165, 1.54) is 19.4 Å². The Kier molecular flexibility index (Phi) is 3.12. The van der Waals surface area contributed by atoms with Gasteiger partial charge in [-0.15, -0.1) is 0 Å². The van der Waals surface area contributed by atoms with E-state index >= 15 is 0 Å². The summed E-state index contributed by atoms with van der Waals surface area (Å²) >= 11 is 0. The first-order chi connectivity index (χ1) is 4.83. The SMILES string of the molecule is CON(C)CC1CCCN1. The summed E-state index contributed by atoms with van der Waals surface area (Å²) in [6.45, 7) is 2.17. The molecule has 1 atom stereocenters. The van der Waals surface area contributed by atoms with E-state index in [1.54, 1.807) is 7.11 Å². The summed E-state index contributed by atoms with van der Waals surface area (Å²) in [5, 5.41) is 5.26. The summed E-state index contributed by atoms with van der Waals surface area (Å²) in [6.07, 6.45) is 2.59. The van der Waals surface area contributed by atoms with Gasteiger partial charge in [0.15, 0.2) is 0 Å². The molecule has 0 aromatic carbocycles. The fraction of sp³-hybridized carbons (Fsp3) is 1.00. The second-order valence-corrected chi connectivity index (χ2v) is 2.79. The number of hydroxylamine groups is 2. The van der Waals surface area contributed by atoms with E-state index in [4.69, 9.17) is 4.84 Å². The van der Waals surface area contributed by atoms with Crippen LogP contribution in [0.1, 0.15) is 12.8 Å². The lowest BCUT2D eigenvalue weighted by molar-refractivity contribution is -0.112. The van der Waals surface area contributed by atoms with Gasteiger partial charge in [-0.05, 0) is 19.4 Å². The maximum Gasteiger partial charge on any atom is 0.0575 e. The minimum Gasteiger partial charge on any atom is -0.313 e. The van der Waals surface area contributed by atoms with Gasteiger partial charge in [0.05, 0.1) is 7.11 Å². The van der Waals surface area contributed by atoms with Gasteiger partial charge in [0, 0.05) is 19.6 Å². The van der Waals surface area contributed by atoms with Gasteiger partial charge in [-0.1, -0.05) is 0 Å². The Balaban J connectivity index is 2.11. The van der Waals surface area contributed by atoms with Crippen molar-refractivity contribution in [2.75, 3.05) is 27.2 Å². The molecule has 1 heterocycles. The van der Waals surface area contributed by atoms with Gasteiger partial charge in [0.25, 0.3) is 0 Å². The summed E-state index contributed by atoms with van der Waals surface area (Å²) in [4.78, 5) is 5.01. The molecule has 0 saturated carbocycles. The molecule has 10 heavy (non-hydrogen) atoms. The summed E-state index contributed by atoms with van der Waals surface area (Å²) in [7, 11) is 3.66. The first-order valence-electron chi connectivity index (χ1n) is 3.81. The molecule has 1 N–H and O–H groups in total. The van der Waals surface area contributed by atoms with Crippen LogP contribution in [0, 0.1) is 0 Å². The minimum absolute atomic E-state index is 0.643. The Morgan fingerprint density at radius 1 is 1.70 bits per heavy atom. The Hall–Kier alpha value is -0.120. The maximum atomic E-state index is 5.01. The number of hydrogen-bond acceptors (Lipinski definition) is 3. The topological polar surface area (TPSA) is 24.5 Å². The van der Waals surface area contributed by atoms with Gasteiger partial charge in [-0.2, -0.15) is 5.06 Å². The number of hydrogen-bond donors (Lipinski definition) is 1. The highest BCUT2D eigenvalue weighted by Gasteiger charge is 2.15. The van der Waals surface area contributed by atoms with Crippen LogP contribution >= 0.6 is 0 Å². The quantitative estimate of drug-likeness (QED) is 0.574. The molecule has 3 nitrogen and oxygen atoms in total. The Morgan fingerprint density at radius 2 is 2.50 bits per heavy atom. The summed E-state index contributed by atoms with van der Waals surface area (Å²) in [5.41, 5.74) is 0. The molecule has 0 aliphatic carbocycles. The molecule has 1 aliphatic rings. The van der Waals surface area contributed by atoms with Crippen LogP contribution in [-0.2, 0) is 4.84 Å². The van der Waals surface area contributed by atoms with E-state index in [2.05, 4.69) is 5.32 Å². The molecule has 1 unspecified atom stereocenters. The van der Waals surface area contributed by atoms with Gasteiger partial charge in [0.1, 0.15) is 0 Å². The van der Waals surface area contributed by atoms with Gasteiger partial charge < -0.3 is 10.2 Å². The third-order valence-corrected chi connectivity index (χ3v) is 1.95. The first kappa shape index (κ1) is 7.98. The number of likely N-dealkylation sites (N-methyl/N-ethyl adjacent to an activating group) is 1. The van der Waals surface area contributed by atoms with Crippen LogP contribution in [0.25, 0.3) is 0 Å². The number of rotatable bonds is 3. The second kappa shape index (κ2) is 3.91. The number of nitrogens with zero attached hydrogens (tertiary/aromatic N) is 1. The third kappa shape index (κ3) is 2.25. The molecular weight excluding hydrogens is 128 g/mol. The lowest BCUT2D eigenvalue weighted by Crippen LogP contribution is -2.34. The van der Waals surface area contributed by atoms with Gasteiger partial charge in [-0.3, -0.25) is 0 Å². The van der Waals surface area contributed by atoms with Crippen LogP contribution in [0.4, 0.5) is 0 Å². The lowest BCUT2D eigenvalue weighted by Gasteiger charge is -2.17. The van der Waals surface area contributed by atoms with Gasteiger partial charge >= 0.3 is 0 Å². The molecule has 1 rings (SSSR count). The zero-order valence-electron chi connectivity index (χ0n) is 6.76.